The highest BCUT2D eigenvalue weighted by atomic mass is 32.1. The zero-order chi connectivity index (χ0) is 18.0. The van der Waals surface area contributed by atoms with E-state index in [9.17, 15) is 14.4 Å². The van der Waals surface area contributed by atoms with Crippen molar-refractivity contribution in [1.29, 1.82) is 0 Å². The van der Waals surface area contributed by atoms with E-state index in [1.807, 2.05) is 0 Å². The molecule has 0 saturated carbocycles. The van der Waals surface area contributed by atoms with Crippen LogP contribution < -0.4 is 15.0 Å². The Balaban J connectivity index is 1.66. The summed E-state index contributed by atoms with van der Waals surface area (Å²) in [6.07, 6.45) is 0.142. The molecule has 0 radical (unpaired) electrons. The molecule has 1 fully saturated rings. The van der Waals surface area contributed by atoms with E-state index >= 15 is 0 Å². The number of thiazole rings is 1. The minimum Gasteiger partial charge on any atom is -0.497 e. The summed E-state index contributed by atoms with van der Waals surface area (Å²) in [6, 6.07) is 7.12. The third-order valence-electron chi connectivity index (χ3n) is 3.97. The summed E-state index contributed by atoms with van der Waals surface area (Å²) in [6.45, 7) is 1.73. The summed E-state index contributed by atoms with van der Waals surface area (Å²) >= 11 is 1.19. The molecule has 1 N–H and O–H groups in total. The van der Waals surface area contributed by atoms with Crippen LogP contribution in [0.15, 0.2) is 29.6 Å². The molecule has 2 amide bonds. The molecule has 1 aromatic heterocycles. The van der Waals surface area contributed by atoms with Crippen LogP contribution in [0.2, 0.25) is 0 Å². The van der Waals surface area contributed by atoms with Crippen molar-refractivity contribution < 1.29 is 19.1 Å². The Morgan fingerprint density at radius 3 is 2.64 bits per heavy atom. The van der Waals surface area contributed by atoms with Crippen LogP contribution in [0.5, 0.6) is 5.75 Å². The summed E-state index contributed by atoms with van der Waals surface area (Å²) in [4.78, 5) is 41.5. The van der Waals surface area contributed by atoms with Gasteiger partial charge in [0.25, 0.3) is 0 Å². The molecule has 1 saturated heterocycles. The molecule has 1 aliphatic heterocycles. The van der Waals surface area contributed by atoms with Gasteiger partial charge in [0.15, 0.2) is 10.9 Å². The number of aromatic nitrogens is 1. The van der Waals surface area contributed by atoms with E-state index in [2.05, 4.69) is 10.3 Å². The van der Waals surface area contributed by atoms with Gasteiger partial charge in [0, 0.05) is 31.0 Å². The van der Waals surface area contributed by atoms with Gasteiger partial charge in [-0.1, -0.05) is 0 Å². The number of nitrogens with one attached hydrogen (secondary N) is 1. The second-order valence-electron chi connectivity index (χ2n) is 5.69. The van der Waals surface area contributed by atoms with Crippen LogP contribution in [-0.2, 0) is 9.59 Å². The standard InChI is InChI=1S/C17H17N3O4S/c1-10(21)14-9-25-17(18-14)19-16(23)11-7-15(22)20(8-11)12-3-5-13(24-2)6-4-12/h3-6,9,11H,7-8H2,1-2H3,(H,18,19,23)/t11-/m1/s1. The Labute approximate surface area is 148 Å². The zero-order valence-electron chi connectivity index (χ0n) is 13.8. The van der Waals surface area contributed by atoms with E-state index in [4.69, 9.17) is 4.74 Å². The normalized spacial score (nSPS) is 16.8. The number of ether oxygens (including phenoxy) is 1. The van der Waals surface area contributed by atoms with Crippen LogP contribution >= 0.6 is 11.3 Å². The molecule has 130 valence electrons. The first-order chi connectivity index (χ1) is 12.0. The SMILES string of the molecule is COc1ccc(N2C[C@H](C(=O)Nc3nc(C(C)=O)cs3)CC2=O)cc1. The highest BCUT2D eigenvalue weighted by molar-refractivity contribution is 7.14. The van der Waals surface area contributed by atoms with Crippen LogP contribution in [0.25, 0.3) is 0 Å². The molecule has 25 heavy (non-hydrogen) atoms. The molecule has 2 heterocycles. The minimum absolute atomic E-state index is 0.103. The van der Waals surface area contributed by atoms with Crippen molar-refractivity contribution in [2.45, 2.75) is 13.3 Å². The maximum atomic E-state index is 12.4. The summed E-state index contributed by atoms with van der Waals surface area (Å²) in [5, 5.41) is 4.65. The molecule has 2 aromatic rings. The molecule has 0 bridgehead atoms. The number of amides is 2. The number of benzene rings is 1. The zero-order valence-corrected chi connectivity index (χ0v) is 14.6. The lowest BCUT2D eigenvalue weighted by Gasteiger charge is -2.16. The van der Waals surface area contributed by atoms with Crippen molar-refractivity contribution in [2.24, 2.45) is 5.92 Å². The molecule has 8 heteroatoms. The van der Waals surface area contributed by atoms with Crippen LogP contribution in [-0.4, -0.2) is 36.2 Å². The second-order valence-corrected chi connectivity index (χ2v) is 6.54. The average molecular weight is 359 g/mol. The van der Waals surface area contributed by atoms with Gasteiger partial charge < -0.3 is 15.0 Å². The topological polar surface area (TPSA) is 88.6 Å². The van der Waals surface area contributed by atoms with Crippen molar-refractivity contribution in [1.82, 2.24) is 4.98 Å². The molecular weight excluding hydrogens is 342 g/mol. The van der Waals surface area contributed by atoms with E-state index in [1.165, 1.54) is 18.3 Å². The van der Waals surface area contributed by atoms with Crippen molar-refractivity contribution in [2.75, 3.05) is 23.9 Å². The monoisotopic (exact) mass is 359 g/mol. The lowest BCUT2D eigenvalue weighted by Crippen LogP contribution is -2.28. The van der Waals surface area contributed by atoms with Crippen LogP contribution in [0.4, 0.5) is 10.8 Å². The van der Waals surface area contributed by atoms with E-state index in [1.54, 1.807) is 41.7 Å². The fourth-order valence-corrected chi connectivity index (χ4v) is 3.35. The molecule has 0 spiro atoms. The average Bonchev–Trinajstić information content (AvgIpc) is 3.22. The van der Waals surface area contributed by atoms with E-state index in [0.29, 0.717) is 23.1 Å². The summed E-state index contributed by atoms with van der Waals surface area (Å²) in [5.41, 5.74) is 1.05. The first kappa shape index (κ1) is 17.1. The molecular formula is C17H17N3O4S. The highest BCUT2D eigenvalue weighted by Crippen LogP contribution is 2.28. The lowest BCUT2D eigenvalue weighted by molar-refractivity contribution is -0.122. The van der Waals surface area contributed by atoms with Crippen molar-refractivity contribution >= 4 is 39.8 Å². The lowest BCUT2D eigenvalue weighted by atomic mass is 10.1. The molecule has 1 aromatic carbocycles. The fourth-order valence-electron chi connectivity index (χ4n) is 2.60. The largest absolute Gasteiger partial charge is 0.497 e. The van der Waals surface area contributed by atoms with E-state index < -0.39 is 5.92 Å². The minimum atomic E-state index is -0.459. The predicted molar refractivity (Wildman–Crippen MR) is 94.2 cm³/mol. The fraction of sp³-hybridized carbons (Fsp3) is 0.294. The number of carbonyl (C=O) groups excluding carboxylic acids is 3. The molecule has 1 atom stereocenters. The maximum Gasteiger partial charge on any atom is 0.231 e. The molecule has 0 unspecified atom stereocenters. The predicted octanol–water partition coefficient (Wildman–Crippen LogP) is 2.35. The third kappa shape index (κ3) is 3.69. The van der Waals surface area contributed by atoms with Crippen LogP contribution in [0.3, 0.4) is 0 Å². The number of hydrogen-bond donors (Lipinski definition) is 1. The van der Waals surface area contributed by atoms with Crippen molar-refractivity contribution in [3.63, 3.8) is 0 Å². The van der Waals surface area contributed by atoms with Crippen molar-refractivity contribution in [3.05, 3.63) is 35.3 Å². The Morgan fingerprint density at radius 1 is 1.32 bits per heavy atom. The number of carbonyl (C=O) groups is 3. The first-order valence-corrected chi connectivity index (χ1v) is 8.57. The summed E-state index contributed by atoms with van der Waals surface area (Å²) < 4.78 is 5.11. The quantitative estimate of drug-likeness (QED) is 0.828. The number of hydrogen-bond acceptors (Lipinski definition) is 6. The Bertz CT molecular complexity index is 816. The molecule has 7 nitrogen and oxygen atoms in total. The number of ketones is 1. The smallest absolute Gasteiger partial charge is 0.231 e. The third-order valence-corrected chi connectivity index (χ3v) is 4.73. The van der Waals surface area contributed by atoms with Crippen LogP contribution in [0, 0.1) is 5.92 Å². The van der Waals surface area contributed by atoms with Crippen molar-refractivity contribution in [3.8, 4) is 5.75 Å². The Kier molecular flexibility index (Phi) is 4.80. The Morgan fingerprint density at radius 2 is 2.04 bits per heavy atom. The molecule has 0 aliphatic carbocycles. The molecule has 3 rings (SSSR count). The first-order valence-electron chi connectivity index (χ1n) is 7.69. The maximum absolute atomic E-state index is 12.4. The number of Topliss-reactive ketones (excluding diaryl/α,β-unsaturated/α-hetero) is 1. The Hall–Kier alpha value is -2.74. The van der Waals surface area contributed by atoms with Gasteiger partial charge in [0.2, 0.25) is 11.8 Å². The number of methoxy groups -OCH3 is 1. The van der Waals surface area contributed by atoms with Gasteiger partial charge in [-0.3, -0.25) is 14.4 Å². The summed E-state index contributed by atoms with van der Waals surface area (Å²) in [7, 11) is 1.58. The van der Waals surface area contributed by atoms with Gasteiger partial charge in [0.05, 0.1) is 13.0 Å². The van der Waals surface area contributed by atoms with E-state index in [-0.39, 0.29) is 24.0 Å². The summed E-state index contributed by atoms with van der Waals surface area (Å²) in [5.74, 6) is -0.282. The number of rotatable bonds is 5. The van der Waals surface area contributed by atoms with Gasteiger partial charge in [-0.25, -0.2) is 4.98 Å². The number of anilines is 2. The van der Waals surface area contributed by atoms with Gasteiger partial charge in [-0.2, -0.15) is 0 Å². The van der Waals surface area contributed by atoms with Gasteiger partial charge in [-0.15, -0.1) is 11.3 Å². The van der Waals surface area contributed by atoms with Crippen LogP contribution in [0.1, 0.15) is 23.8 Å². The van der Waals surface area contributed by atoms with E-state index in [0.717, 1.165) is 5.69 Å². The second kappa shape index (κ2) is 7.02. The van der Waals surface area contributed by atoms with Gasteiger partial charge in [0.1, 0.15) is 11.4 Å². The molecule has 1 aliphatic rings. The number of nitrogens with zero attached hydrogens (tertiary/aromatic N) is 2. The van der Waals surface area contributed by atoms with Gasteiger partial charge in [-0.05, 0) is 24.3 Å². The highest BCUT2D eigenvalue weighted by Gasteiger charge is 2.35. The van der Waals surface area contributed by atoms with Gasteiger partial charge >= 0.3 is 0 Å².